The van der Waals surface area contributed by atoms with Gasteiger partial charge in [0, 0.05) is 12.5 Å². The van der Waals surface area contributed by atoms with Crippen LogP contribution in [0.25, 0.3) is 0 Å². The number of aryl methyl sites for hydroxylation is 1. The molecule has 0 radical (unpaired) electrons. The van der Waals surface area contributed by atoms with Crippen molar-refractivity contribution in [3.05, 3.63) is 29.8 Å². The van der Waals surface area contributed by atoms with E-state index in [0.717, 1.165) is 25.0 Å². The highest BCUT2D eigenvalue weighted by Gasteiger charge is 2.05. The summed E-state index contributed by atoms with van der Waals surface area (Å²) in [6, 6.07) is 8.38. The predicted octanol–water partition coefficient (Wildman–Crippen LogP) is 3.32. The van der Waals surface area contributed by atoms with Crippen molar-refractivity contribution in [1.82, 2.24) is 5.32 Å². The zero-order valence-electron chi connectivity index (χ0n) is 12.2. The van der Waals surface area contributed by atoms with Crippen molar-refractivity contribution in [1.29, 1.82) is 0 Å². The third kappa shape index (κ3) is 6.27. The maximum absolute atomic E-state index is 11.5. The molecule has 0 aliphatic heterocycles. The zero-order valence-corrected chi connectivity index (χ0v) is 12.2. The largest absolute Gasteiger partial charge is 0.494 e. The second-order valence-corrected chi connectivity index (χ2v) is 4.83. The number of hydrogen-bond acceptors (Lipinski definition) is 2. The van der Waals surface area contributed by atoms with Crippen molar-refractivity contribution in [2.75, 3.05) is 6.61 Å². The molecule has 0 unspecified atom stereocenters. The van der Waals surface area contributed by atoms with E-state index in [9.17, 15) is 4.79 Å². The molecule has 0 spiro atoms. The van der Waals surface area contributed by atoms with Crippen LogP contribution in [0.4, 0.5) is 0 Å². The molecule has 0 saturated heterocycles. The van der Waals surface area contributed by atoms with Crippen molar-refractivity contribution < 1.29 is 9.53 Å². The van der Waals surface area contributed by atoms with Gasteiger partial charge >= 0.3 is 0 Å². The first-order valence-electron chi connectivity index (χ1n) is 7.16. The molecule has 1 aromatic carbocycles. The molecule has 3 heteroatoms. The fraction of sp³-hybridized carbons (Fsp3) is 0.562. The molecule has 19 heavy (non-hydrogen) atoms. The van der Waals surface area contributed by atoms with E-state index < -0.39 is 0 Å². The van der Waals surface area contributed by atoms with Gasteiger partial charge in [-0.05, 0) is 43.9 Å². The molecule has 1 rings (SSSR count). The van der Waals surface area contributed by atoms with Crippen LogP contribution in [-0.2, 0) is 11.2 Å². The molecule has 0 heterocycles. The van der Waals surface area contributed by atoms with E-state index in [2.05, 4.69) is 31.3 Å². The van der Waals surface area contributed by atoms with Gasteiger partial charge in [0.1, 0.15) is 5.75 Å². The smallest absolute Gasteiger partial charge is 0.220 e. The van der Waals surface area contributed by atoms with E-state index in [4.69, 9.17) is 4.74 Å². The molecule has 1 aromatic rings. The Bertz CT molecular complexity index is 373. The maximum atomic E-state index is 11.5. The topological polar surface area (TPSA) is 38.3 Å². The number of hydrogen-bond donors (Lipinski definition) is 1. The van der Waals surface area contributed by atoms with Crippen molar-refractivity contribution in [3.8, 4) is 5.75 Å². The van der Waals surface area contributed by atoms with Gasteiger partial charge in [-0.3, -0.25) is 4.79 Å². The van der Waals surface area contributed by atoms with Crippen LogP contribution in [-0.4, -0.2) is 18.6 Å². The summed E-state index contributed by atoms with van der Waals surface area (Å²) in [5, 5.41) is 2.95. The molecule has 0 aliphatic rings. The van der Waals surface area contributed by atoms with Crippen LogP contribution in [0, 0.1) is 0 Å². The van der Waals surface area contributed by atoms with Crippen LogP contribution >= 0.6 is 0 Å². The molecule has 0 bridgehead atoms. The fourth-order valence-corrected chi connectivity index (χ4v) is 1.69. The van der Waals surface area contributed by atoms with Crippen molar-refractivity contribution >= 4 is 5.91 Å². The molecule has 0 aliphatic carbocycles. The lowest BCUT2D eigenvalue weighted by molar-refractivity contribution is -0.121. The first kappa shape index (κ1) is 15.5. The summed E-state index contributed by atoms with van der Waals surface area (Å²) in [6.07, 6.45) is 3.28. The molecule has 1 atom stereocenters. The van der Waals surface area contributed by atoms with Crippen molar-refractivity contribution in [3.63, 3.8) is 0 Å². The van der Waals surface area contributed by atoms with E-state index in [1.54, 1.807) is 0 Å². The average molecular weight is 263 g/mol. The summed E-state index contributed by atoms with van der Waals surface area (Å²) in [5.41, 5.74) is 1.31. The number of rotatable bonds is 8. The van der Waals surface area contributed by atoms with Gasteiger partial charge in [-0.15, -0.1) is 0 Å². The summed E-state index contributed by atoms with van der Waals surface area (Å²) < 4.78 is 5.61. The van der Waals surface area contributed by atoms with Gasteiger partial charge in [-0.2, -0.15) is 0 Å². The lowest BCUT2D eigenvalue weighted by atomic mass is 10.2. The Morgan fingerprint density at radius 2 is 1.95 bits per heavy atom. The molecular weight excluding hydrogens is 238 g/mol. The van der Waals surface area contributed by atoms with Crippen LogP contribution < -0.4 is 10.1 Å². The molecule has 0 aromatic heterocycles. The third-order valence-corrected chi connectivity index (χ3v) is 3.17. The van der Waals surface area contributed by atoms with Gasteiger partial charge in [0.15, 0.2) is 0 Å². The fourth-order valence-electron chi connectivity index (χ4n) is 1.69. The SMILES string of the molecule is CCc1ccc(OCCCC(=O)N[C@@H](C)CC)cc1. The number of ether oxygens (including phenoxy) is 1. The van der Waals surface area contributed by atoms with Crippen molar-refractivity contribution in [2.45, 2.75) is 52.5 Å². The van der Waals surface area contributed by atoms with Gasteiger partial charge in [-0.1, -0.05) is 26.0 Å². The Morgan fingerprint density at radius 3 is 2.53 bits per heavy atom. The zero-order chi connectivity index (χ0) is 14.1. The van der Waals surface area contributed by atoms with E-state index in [0.29, 0.717) is 13.0 Å². The standard InChI is InChI=1S/C16H25NO2/c1-4-13(3)17-16(18)7-6-12-19-15-10-8-14(5-2)9-11-15/h8-11,13H,4-7,12H2,1-3H3,(H,17,18)/t13-/m0/s1. The Morgan fingerprint density at radius 1 is 1.26 bits per heavy atom. The highest BCUT2D eigenvalue weighted by Crippen LogP contribution is 2.12. The lowest BCUT2D eigenvalue weighted by Crippen LogP contribution is -2.31. The van der Waals surface area contributed by atoms with Gasteiger partial charge in [0.2, 0.25) is 5.91 Å². The Kier molecular flexibility index (Phi) is 7.01. The average Bonchev–Trinajstić information content (AvgIpc) is 2.44. The number of benzene rings is 1. The van der Waals surface area contributed by atoms with Gasteiger partial charge in [0.25, 0.3) is 0 Å². The van der Waals surface area contributed by atoms with Crippen LogP contribution in [0.1, 0.15) is 45.6 Å². The van der Waals surface area contributed by atoms with E-state index in [-0.39, 0.29) is 11.9 Å². The third-order valence-electron chi connectivity index (χ3n) is 3.17. The number of amides is 1. The second-order valence-electron chi connectivity index (χ2n) is 4.83. The highest BCUT2D eigenvalue weighted by molar-refractivity contribution is 5.76. The molecule has 3 nitrogen and oxygen atoms in total. The quantitative estimate of drug-likeness (QED) is 0.731. The predicted molar refractivity (Wildman–Crippen MR) is 78.4 cm³/mol. The number of carbonyl (C=O) groups is 1. The monoisotopic (exact) mass is 263 g/mol. The van der Waals surface area contributed by atoms with Gasteiger partial charge in [0.05, 0.1) is 6.61 Å². The summed E-state index contributed by atoms with van der Waals surface area (Å²) in [5.74, 6) is 0.985. The van der Waals surface area contributed by atoms with Crippen LogP contribution in [0.2, 0.25) is 0 Å². The highest BCUT2D eigenvalue weighted by atomic mass is 16.5. The van der Waals surface area contributed by atoms with Crippen LogP contribution in [0.5, 0.6) is 5.75 Å². The van der Waals surface area contributed by atoms with Gasteiger partial charge < -0.3 is 10.1 Å². The molecule has 1 amide bonds. The Balaban J connectivity index is 2.17. The maximum Gasteiger partial charge on any atom is 0.220 e. The Hall–Kier alpha value is -1.51. The summed E-state index contributed by atoms with van der Waals surface area (Å²) >= 11 is 0. The van der Waals surface area contributed by atoms with Crippen molar-refractivity contribution in [2.24, 2.45) is 0 Å². The molecule has 0 fully saturated rings. The van der Waals surface area contributed by atoms with E-state index >= 15 is 0 Å². The lowest BCUT2D eigenvalue weighted by Gasteiger charge is -2.11. The molecule has 106 valence electrons. The summed E-state index contributed by atoms with van der Waals surface area (Å²) in [7, 11) is 0. The van der Waals surface area contributed by atoms with E-state index in [1.165, 1.54) is 5.56 Å². The molecule has 0 saturated carbocycles. The summed E-state index contributed by atoms with van der Waals surface area (Å²) in [6.45, 7) is 6.79. The van der Waals surface area contributed by atoms with Gasteiger partial charge in [-0.25, -0.2) is 0 Å². The van der Waals surface area contributed by atoms with Crippen LogP contribution in [0.3, 0.4) is 0 Å². The van der Waals surface area contributed by atoms with E-state index in [1.807, 2.05) is 19.1 Å². The Labute approximate surface area is 116 Å². The number of nitrogens with one attached hydrogen (secondary N) is 1. The summed E-state index contributed by atoms with van der Waals surface area (Å²) in [4.78, 5) is 11.5. The normalized spacial score (nSPS) is 11.9. The second kappa shape index (κ2) is 8.57. The minimum absolute atomic E-state index is 0.110. The molecular formula is C16H25NO2. The minimum atomic E-state index is 0.110. The number of carbonyl (C=O) groups excluding carboxylic acids is 1. The minimum Gasteiger partial charge on any atom is -0.494 e. The van der Waals surface area contributed by atoms with Crippen LogP contribution in [0.15, 0.2) is 24.3 Å². The first-order chi connectivity index (χ1) is 9.15. The molecule has 1 N–H and O–H groups in total. The first-order valence-corrected chi connectivity index (χ1v) is 7.16.